The number of rotatable bonds is 4. The number of amides is 1. The van der Waals surface area contributed by atoms with E-state index in [2.05, 4.69) is 15.2 Å². The zero-order valence-electron chi connectivity index (χ0n) is 15.6. The van der Waals surface area contributed by atoms with Crippen molar-refractivity contribution < 1.29 is 18.0 Å². The highest BCUT2D eigenvalue weighted by Crippen LogP contribution is 2.41. The molecular formula is C20H18F3N5O. The zero-order chi connectivity index (χ0) is 20.6. The Morgan fingerprint density at radius 2 is 2.00 bits per heavy atom. The molecule has 9 heteroatoms. The van der Waals surface area contributed by atoms with Crippen LogP contribution in [-0.2, 0) is 6.54 Å². The Bertz CT molecular complexity index is 1030. The number of pyridine rings is 1. The Kier molecular flexibility index (Phi) is 4.81. The Labute approximate surface area is 165 Å². The smallest absolute Gasteiger partial charge is 0.273 e. The second-order valence-corrected chi connectivity index (χ2v) is 7.12. The minimum Gasteiger partial charge on any atom is -0.321 e. The van der Waals surface area contributed by atoms with E-state index in [0.29, 0.717) is 5.56 Å². The van der Waals surface area contributed by atoms with E-state index in [0.717, 1.165) is 10.5 Å². The molecule has 3 aromatic rings. The summed E-state index contributed by atoms with van der Waals surface area (Å²) in [6.07, 6.45) is 2.33. The van der Waals surface area contributed by atoms with Gasteiger partial charge in [-0.1, -0.05) is 18.2 Å². The third-order valence-electron chi connectivity index (χ3n) is 4.95. The van der Waals surface area contributed by atoms with Crippen LogP contribution < -0.4 is 0 Å². The standard InChI is InChI=1S/C20H18F3N5O/c1-13-3-2-8-24-17(13)19(29)28-11-20(22,23)9-16(28)18-26-25-12-27(18)10-14-4-6-15(21)7-5-14/h2-8,12,16H,9-11H2,1H3/t16-/m0/s1. The number of alkyl halides is 2. The summed E-state index contributed by atoms with van der Waals surface area (Å²) in [7, 11) is 0. The van der Waals surface area contributed by atoms with Crippen molar-refractivity contribution >= 4 is 5.91 Å². The number of halogens is 3. The second-order valence-electron chi connectivity index (χ2n) is 7.12. The largest absolute Gasteiger partial charge is 0.321 e. The van der Waals surface area contributed by atoms with E-state index >= 15 is 0 Å². The van der Waals surface area contributed by atoms with Crippen LogP contribution in [-0.4, -0.2) is 43.0 Å². The van der Waals surface area contributed by atoms with Crippen molar-refractivity contribution in [1.82, 2.24) is 24.6 Å². The molecule has 0 bridgehead atoms. The number of nitrogens with zero attached hydrogens (tertiary/aromatic N) is 5. The molecule has 6 nitrogen and oxygen atoms in total. The van der Waals surface area contributed by atoms with Crippen LogP contribution in [0, 0.1) is 12.7 Å². The molecule has 1 atom stereocenters. The first-order chi connectivity index (χ1) is 13.8. The van der Waals surface area contributed by atoms with Gasteiger partial charge in [-0.25, -0.2) is 13.2 Å². The highest BCUT2D eigenvalue weighted by molar-refractivity contribution is 5.94. The zero-order valence-corrected chi connectivity index (χ0v) is 15.6. The summed E-state index contributed by atoms with van der Waals surface area (Å²) < 4.78 is 43.4. The van der Waals surface area contributed by atoms with Gasteiger partial charge in [-0.15, -0.1) is 10.2 Å². The van der Waals surface area contributed by atoms with Gasteiger partial charge >= 0.3 is 0 Å². The van der Waals surface area contributed by atoms with Gasteiger partial charge < -0.3 is 9.47 Å². The average Bonchev–Trinajstić information content (AvgIpc) is 3.26. The maximum atomic E-state index is 14.3. The number of hydrogen-bond acceptors (Lipinski definition) is 4. The van der Waals surface area contributed by atoms with Gasteiger partial charge in [0.15, 0.2) is 5.82 Å². The molecule has 0 unspecified atom stereocenters. The van der Waals surface area contributed by atoms with Gasteiger partial charge in [0, 0.05) is 12.6 Å². The predicted molar refractivity (Wildman–Crippen MR) is 97.8 cm³/mol. The van der Waals surface area contributed by atoms with Crippen LogP contribution >= 0.6 is 0 Å². The lowest BCUT2D eigenvalue weighted by Crippen LogP contribution is -2.35. The number of aromatic nitrogens is 4. The minimum atomic E-state index is -3.05. The fourth-order valence-corrected chi connectivity index (χ4v) is 3.54. The van der Waals surface area contributed by atoms with Crippen LogP contribution in [0.1, 0.15) is 39.9 Å². The van der Waals surface area contributed by atoms with Gasteiger partial charge in [0.05, 0.1) is 19.1 Å². The highest BCUT2D eigenvalue weighted by atomic mass is 19.3. The van der Waals surface area contributed by atoms with Gasteiger partial charge in [-0.2, -0.15) is 0 Å². The average molecular weight is 401 g/mol. The highest BCUT2D eigenvalue weighted by Gasteiger charge is 2.49. The van der Waals surface area contributed by atoms with E-state index < -0.39 is 30.8 Å². The Morgan fingerprint density at radius 1 is 1.24 bits per heavy atom. The van der Waals surface area contributed by atoms with Gasteiger partial charge in [0.2, 0.25) is 0 Å². The summed E-state index contributed by atoms with van der Waals surface area (Å²) in [5.74, 6) is -3.72. The molecule has 1 amide bonds. The molecule has 1 aromatic carbocycles. The minimum absolute atomic E-state index is 0.139. The molecule has 0 spiro atoms. The third kappa shape index (κ3) is 3.85. The molecule has 29 heavy (non-hydrogen) atoms. The van der Waals surface area contributed by atoms with E-state index in [-0.39, 0.29) is 23.9 Å². The Balaban J connectivity index is 1.66. The molecule has 0 N–H and O–H groups in total. The number of hydrogen-bond donors (Lipinski definition) is 0. The Hall–Kier alpha value is -3.23. The third-order valence-corrected chi connectivity index (χ3v) is 4.95. The Morgan fingerprint density at radius 3 is 2.72 bits per heavy atom. The molecule has 0 aliphatic carbocycles. The molecule has 3 heterocycles. The van der Waals surface area contributed by atoms with Gasteiger partial charge in [0.1, 0.15) is 17.8 Å². The molecule has 0 radical (unpaired) electrons. The first-order valence-corrected chi connectivity index (χ1v) is 9.07. The van der Waals surface area contributed by atoms with Crippen molar-refractivity contribution in [3.05, 3.63) is 77.4 Å². The molecule has 1 saturated heterocycles. The van der Waals surface area contributed by atoms with E-state index in [1.54, 1.807) is 35.8 Å². The topological polar surface area (TPSA) is 63.9 Å². The molecular weight excluding hydrogens is 383 g/mol. The van der Waals surface area contributed by atoms with E-state index in [1.807, 2.05) is 0 Å². The number of carbonyl (C=O) groups is 1. The second kappa shape index (κ2) is 7.31. The van der Waals surface area contributed by atoms with Crippen LogP contribution in [0.25, 0.3) is 0 Å². The van der Waals surface area contributed by atoms with E-state index in [9.17, 15) is 18.0 Å². The monoisotopic (exact) mass is 401 g/mol. The fraction of sp³-hybridized carbons (Fsp3) is 0.300. The SMILES string of the molecule is Cc1cccnc1C(=O)N1CC(F)(F)C[C@H]1c1nncn1Cc1ccc(F)cc1. The first-order valence-electron chi connectivity index (χ1n) is 9.07. The van der Waals surface area contributed by atoms with Crippen molar-refractivity contribution in [2.45, 2.75) is 31.9 Å². The number of likely N-dealkylation sites (tertiary alicyclic amines) is 1. The van der Waals surface area contributed by atoms with E-state index in [1.165, 1.54) is 24.7 Å². The van der Waals surface area contributed by atoms with Crippen LogP contribution in [0.5, 0.6) is 0 Å². The number of benzene rings is 1. The fourth-order valence-electron chi connectivity index (χ4n) is 3.54. The summed E-state index contributed by atoms with van der Waals surface area (Å²) in [4.78, 5) is 18.2. The maximum Gasteiger partial charge on any atom is 0.273 e. The summed E-state index contributed by atoms with van der Waals surface area (Å²) >= 11 is 0. The van der Waals surface area contributed by atoms with E-state index in [4.69, 9.17) is 0 Å². The lowest BCUT2D eigenvalue weighted by atomic mass is 10.1. The molecule has 0 saturated carbocycles. The van der Waals surface area contributed by atoms with Crippen LogP contribution in [0.3, 0.4) is 0 Å². The van der Waals surface area contributed by atoms with Gasteiger partial charge in [-0.05, 0) is 36.2 Å². The van der Waals surface area contributed by atoms with Crippen molar-refractivity contribution in [1.29, 1.82) is 0 Å². The van der Waals surface area contributed by atoms with Crippen molar-refractivity contribution in [2.24, 2.45) is 0 Å². The lowest BCUT2D eigenvalue weighted by Gasteiger charge is -2.24. The lowest BCUT2D eigenvalue weighted by molar-refractivity contribution is 0.0116. The molecule has 1 fully saturated rings. The summed E-state index contributed by atoms with van der Waals surface area (Å²) in [6.45, 7) is 1.27. The quantitative estimate of drug-likeness (QED) is 0.672. The van der Waals surface area contributed by atoms with Crippen LogP contribution in [0.2, 0.25) is 0 Å². The van der Waals surface area contributed by atoms with Crippen LogP contribution in [0.15, 0.2) is 48.9 Å². The molecule has 1 aliphatic rings. The molecule has 150 valence electrons. The summed E-state index contributed by atoms with van der Waals surface area (Å²) in [5, 5.41) is 7.87. The molecule has 2 aromatic heterocycles. The molecule has 1 aliphatic heterocycles. The van der Waals surface area contributed by atoms with Crippen molar-refractivity contribution in [3.63, 3.8) is 0 Å². The van der Waals surface area contributed by atoms with Crippen molar-refractivity contribution in [3.8, 4) is 0 Å². The molecule has 4 rings (SSSR count). The van der Waals surface area contributed by atoms with Gasteiger partial charge in [0.25, 0.3) is 11.8 Å². The normalized spacial score (nSPS) is 18.2. The number of carbonyl (C=O) groups excluding carboxylic acids is 1. The predicted octanol–water partition coefficient (Wildman–Crippen LogP) is 3.39. The first kappa shape index (κ1) is 19.1. The summed E-state index contributed by atoms with van der Waals surface area (Å²) in [5.41, 5.74) is 1.51. The van der Waals surface area contributed by atoms with Crippen LogP contribution in [0.4, 0.5) is 13.2 Å². The van der Waals surface area contributed by atoms with Gasteiger partial charge in [-0.3, -0.25) is 9.78 Å². The summed E-state index contributed by atoms with van der Waals surface area (Å²) in [6, 6.07) is 8.29. The maximum absolute atomic E-state index is 14.3. The van der Waals surface area contributed by atoms with Crippen molar-refractivity contribution in [2.75, 3.05) is 6.54 Å². The number of aryl methyl sites for hydroxylation is 1.